The maximum atomic E-state index is 11.5. The zero-order valence-electron chi connectivity index (χ0n) is 19.0. The summed E-state index contributed by atoms with van der Waals surface area (Å²) in [5.41, 5.74) is 2.34. The molecule has 0 aliphatic carbocycles. The van der Waals surface area contributed by atoms with Crippen LogP contribution in [0.2, 0.25) is 0 Å². The third-order valence-electron chi connectivity index (χ3n) is 4.41. The lowest BCUT2D eigenvalue weighted by Crippen LogP contribution is -2.39. The van der Waals surface area contributed by atoms with Crippen LogP contribution in [0.1, 0.15) is 30.5 Å². The summed E-state index contributed by atoms with van der Waals surface area (Å²) in [5.74, 6) is 0.328. The first-order chi connectivity index (χ1) is 15.0. The number of nitrogens with one attached hydrogen (secondary N) is 1. The van der Waals surface area contributed by atoms with Gasteiger partial charge in [0.25, 0.3) is 5.09 Å². The zero-order valence-corrected chi connectivity index (χ0v) is 19.0. The first-order valence-corrected chi connectivity index (χ1v) is 10.0. The van der Waals surface area contributed by atoms with E-state index in [2.05, 4.69) is 10.2 Å². The summed E-state index contributed by atoms with van der Waals surface area (Å²) < 4.78 is 11.0. The highest BCUT2D eigenvalue weighted by Gasteiger charge is 2.15. The second kappa shape index (κ2) is 13.5. The Bertz CT molecular complexity index is 801. The van der Waals surface area contributed by atoms with E-state index in [4.69, 9.17) is 14.3 Å². The molecule has 1 unspecified atom stereocenters. The predicted molar refractivity (Wildman–Crippen MR) is 113 cm³/mol. The van der Waals surface area contributed by atoms with E-state index in [1.165, 1.54) is 13.8 Å². The molecule has 1 aromatic carbocycles. The number of ether oxygens (including phenoxy) is 2. The number of nitrogens with zero attached hydrogens (tertiary/aromatic N) is 2. The van der Waals surface area contributed by atoms with Gasteiger partial charge < -0.3 is 24.7 Å². The number of amides is 1. The lowest BCUT2D eigenvalue weighted by atomic mass is 10.0. The fraction of sp³-hybridized carbons (Fsp3) is 0.600. The molecule has 32 heavy (non-hydrogen) atoms. The molecule has 0 spiro atoms. The molecule has 1 aromatic rings. The van der Waals surface area contributed by atoms with E-state index in [9.17, 15) is 24.8 Å². The Morgan fingerprint density at radius 3 is 2.50 bits per heavy atom. The topological polar surface area (TPSA) is 150 Å². The number of aliphatic hydroxyl groups excluding tert-OH is 1. The lowest BCUT2D eigenvalue weighted by molar-refractivity contribution is -0.758. The van der Waals surface area contributed by atoms with E-state index in [0.29, 0.717) is 18.0 Å². The SMILES string of the molecule is CC(=O)Oc1c(C)cc(OCC(O)CNCCN(OCCO[N+](=O)[O-])C(C)=O)c(C)c1C. The quantitative estimate of drug-likeness (QED) is 0.135. The fourth-order valence-electron chi connectivity index (χ4n) is 2.74. The number of aryl methyl sites for hydroxylation is 1. The van der Waals surface area contributed by atoms with Gasteiger partial charge in [0.15, 0.2) is 0 Å². The molecule has 1 rings (SSSR count). The smallest absolute Gasteiger partial charge is 0.308 e. The average molecular weight is 457 g/mol. The van der Waals surface area contributed by atoms with Crippen LogP contribution in [0.15, 0.2) is 6.07 Å². The van der Waals surface area contributed by atoms with E-state index < -0.39 is 17.2 Å². The van der Waals surface area contributed by atoms with Crippen LogP contribution >= 0.6 is 0 Å². The molecule has 180 valence electrons. The zero-order chi connectivity index (χ0) is 24.3. The molecule has 12 nitrogen and oxygen atoms in total. The molecule has 0 fully saturated rings. The van der Waals surface area contributed by atoms with Gasteiger partial charge in [-0.05, 0) is 43.5 Å². The van der Waals surface area contributed by atoms with Gasteiger partial charge in [0.1, 0.15) is 30.8 Å². The Balaban J connectivity index is 2.43. The van der Waals surface area contributed by atoms with Gasteiger partial charge in [-0.3, -0.25) is 14.4 Å². The van der Waals surface area contributed by atoms with Crippen molar-refractivity contribution >= 4 is 11.9 Å². The maximum Gasteiger partial charge on any atom is 0.308 e. The van der Waals surface area contributed by atoms with Crippen LogP contribution in [0.5, 0.6) is 11.5 Å². The molecule has 1 atom stereocenters. The highest BCUT2D eigenvalue weighted by Crippen LogP contribution is 2.33. The van der Waals surface area contributed by atoms with Crippen LogP contribution in [-0.4, -0.2) is 72.7 Å². The minimum atomic E-state index is -0.940. The van der Waals surface area contributed by atoms with Gasteiger partial charge in [-0.1, -0.05) is 0 Å². The summed E-state index contributed by atoms with van der Waals surface area (Å²) in [5, 5.41) is 23.3. The molecule has 0 aliphatic rings. The van der Waals surface area contributed by atoms with Crippen molar-refractivity contribution in [3.8, 4) is 11.5 Å². The Morgan fingerprint density at radius 1 is 1.22 bits per heavy atom. The van der Waals surface area contributed by atoms with Crippen LogP contribution in [0.25, 0.3) is 0 Å². The number of benzene rings is 1. The van der Waals surface area contributed by atoms with Crippen molar-refractivity contribution in [2.75, 3.05) is 39.5 Å². The van der Waals surface area contributed by atoms with Gasteiger partial charge in [-0.2, -0.15) is 0 Å². The summed E-state index contributed by atoms with van der Waals surface area (Å²) in [6.45, 7) is 8.42. The largest absolute Gasteiger partial charge is 0.491 e. The highest BCUT2D eigenvalue weighted by molar-refractivity contribution is 5.72. The molecular weight excluding hydrogens is 426 g/mol. The molecule has 0 radical (unpaired) electrons. The van der Waals surface area contributed by atoms with Crippen LogP contribution in [0.4, 0.5) is 0 Å². The number of hydrogen-bond donors (Lipinski definition) is 2. The van der Waals surface area contributed by atoms with Gasteiger partial charge in [-0.25, -0.2) is 5.06 Å². The maximum absolute atomic E-state index is 11.5. The van der Waals surface area contributed by atoms with Gasteiger partial charge in [0.05, 0.1) is 13.2 Å². The third-order valence-corrected chi connectivity index (χ3v) is 4.41. The van der Waals surface area contributed by atoms with Crippen molar-refractivity contribution in [2.24, 2.45) is 0 Å². The third kappa shape index (κ3) is 9.45. The first-order valence-electron chi connectivity index (χ1n) is 10.0. The molecule has 0 saturated heterocycles. The van der Waals surface area contributed by atoms with Crippen molar-refractivity contribution < 1.29 is 38.9 Å². The minimum absolute atomic E-state index is 0.0325. The number of carbonyl (C=O) groups excluding carboxylic acids is 2. The van der Waals surface area contributed by atoms with Crippen molar-refractivity contribution in [2.45, 2.75) is 40.7 Å². The Kier molecular flexibility index (Phi) is 11.4. The second-order valence-corrected chi connectivity index (χ2v) is 7.04. The fourth-order valence-corrected chi connectivity index (χ4v) is 2.74. The first kappa shape index (κ1) is 27.1. The van der Waals surface area contributed by atoms with Gasteiger partial charge >= 0.3 is 5.97 Å². The summed E-state index contributed by atoms with van der Waals surface area (Å²) in [6, 6.07) is 1.76. The molecule has 1 amide bonds. The molecule has 0 bridgehead atoms. The minimum Gasteiger partial charge on any atom is -0.491 e. The van der Waals surface area contributed by atoms with E-state index >= 15 is 0 Å². The average Bonchev–Trinajstić information content (AvgIpc) is 2.70. The predicted octanol–water partition coefficient (Wildman–Crippen LogP) is 0.855. The monoisotopic (exact) mass is 457 g/mol. The number of esters is 1. The van der Waals surface area contributed by atoms with E-state index in [1.54, 1.807) is 6.07 Å². The summed E-state index contributed by atoms with van der Waals surface area (Å²) in [7, 11) is 0. The van der Waals surface area contributed by atoms with Gasteiger partial charge in [-0.15, -0.1) is 10.1 Å². The second-order valence-electron chi connectivity index (χ2n) is 7.04. The lowest BCUT2D eigenvalue weighted by Gasteiger charge is -2.21. The molecule has 0 aromatic heterocycles. The van der Waals surface area contributed by atoms with Crippen molar-refractivity contribution in [1.29, 1.82) is 0 Å². The van der Waals surface area contributed by atoms with Crippen molar-refractivity contribution in [1.82, 2.24) is 10.4 Å². The van der Waals surface area contributed by atoms with Gasteiger partial charge in [0, 0.05) is 26.9 Å². The number of hydroxylamine groups is 2. The number of carbonyl (C=O) groups is 2. The normalized spacial score (nSPS) is 11.6. The van der Waals surface area contributed by atoms with E-state index in [-0.39, 0.29) is 38.8 Å². The number of aliphatic hydroxyl groups is 1. The number of hydrogen-bond acceptors (Lipinski definition) is 10. The molecule has 12 heteroatoms. The van der Waals surface area contributed by atoms with E-state index in [0.717, 1.165) is 21.8 Å². The van der Waals surface area contributed by atoms with Crippen LogP contribution in [0, 0.1) is 30.9 Å². The molecule has 2 N–H and O–H groups in total. The summed E-state index contributed by atoms with van der Waals surface area (Å²) >= 11 is 0. The molecule has 0 saturated carbocycles. The van der Waals surface area contributed by atoms with Crippen molar-refractivity contribution in [3.05, 3.63) is 32.9 Å². The Labute approximate surface area is 186 Å². The summed E-state index contributed by atoms with van der Waals surface area (Å²) in [4.78, 5) is 42.1. The molecular formula is C20H31N3O9. The molecule has 0 heterocycles. The van der Waals surface area contributed by atoms with Crippen molar-refractivity contribution in [3.63, 3.8) is 0 Å². The van der Waals surface area contributed by atoms with Crippen LogP contribution in [0.3, 0.4) is 0 Å². The Hall–Kier alpha value is -2.96. The van der Waals surface area contributed by atoms with E-state index in [1.807, 2.05) is 20.8 Å². The highest BCUT2D eigenvalue weighted by atomic mass is 17.0. The van der Waals surface area contributed by atoms with Gasteiger partial charge in [0.2, 0.25) is 5.91 Å². The number of rotatable bonds is 14. The molecule has 0 aliphatic heterocycles. The summed E-state index contributed by atoms with van der Waals surface area (Å²) in [6.07, 6.45) is -0.816. The van der Waals surface area contributed by atoms with Crippen LogP contribution in [-0.2, 0) is 19.3 Å². The Morgan fingerprint density at radius 2 is 1.91 bits per heavy atom. The standard InChI is InChI=1S/C20H31N3O9/c1-13-10-19(14(2)15(3)20(13)32-17(5)25)29-12-18(26)11-21-6-7-22(16(4)24)30-8-9-31-23(27)28/h10,18,21,26H,6-9,11-12H2,1-5H3. The van der Waals surface area contributed by atoms with Crippen LogP contribution < -0.4 is 14.8 Å².